The van der Waals surface area contributed by atoms with Gasteiger partial charge in [0, 0.05) is 0 Å². The predicted molar refractivity (Wildman–Crippen MR) is 224 cm³/mol. The van der Waals surface area contributed by atoms with Gasteiger partial charge in [-0.1, -0.05) is 170 Å². The fraction of sp³-hybridized carbons (Fsp3) is 0.154. The standard InChI is InChI=1S/C52H42/c1-5-17-35(18-6-1)49-41-25-13-15-27-43(41)51(37-21-9-3-10-22-37)47-33-39(29-31-45(47)49)40-30-32-46-48(34-40)52(38-23-11-4-12-24-38)44-28-16-14-26-42(44)50(46)36-19-7-2-8-20-36/h1-9,11,13-21,23,25-28,31-34,39-40H,10,12,22,24,29-30H2. The van der Waals surface area contributed by atoms with Crippen molar-refractivity contribution >= 4 is 57.0 Å². The number of rotatable bonds is 5. The largest absolute Gasteiger partial charge is 0.0842 e. The molecule has 0 saturated carbocycles. The molecule has 4 aliphatic rings. The van der Waals surface area contributed by atoms with Gasteiger partial charge in [0.05, 0.1) is 0 Å². The van der Waals surface area contributed by atoms with Gasteiger partial charge in [0.1, 0.15) is 0 Å². The van der Waals surface area contributed by atoms with Crippen molar-refractivity contribution in [2.75, 3.05) is 0 Å². The summed E-state index contributed by atoms with van der Waals surface area (Å²) in [5.74, 6) is 0.805. The lowest BCUT2D eigenvalue weighted by Crippen LogP contribution is -2.38. The molecule has 0 bridgehead atoms. The molecule has 6 aromatic rings. The molecule has 250 valence electrons. The van der Waals surface area contributed by atoms with Crippen LogP contribution in [-0.2, 0) is 0 Å². The first kappa shape index (κ1) is 31.1. The van der Waals surface area contributed by atoms with E-state index < -0.39 is 0 Å². The average Bonchev–Trinajstić information content (AvgIpc) is 3.22. The molecule has 2 atom stereocenters. The van der Waals surface area contributed by atoms with Crippen LogP contribution in [0.4, 0.5) is 0 Å². The molecule has 4 aliphatic carbocycles. The highest BCUT2D eigenvalue weighted by molar-refractivity contribution is 6.05. The van der Waals surface area contributed by atoms with E-state index in [9.17, 15) is 0 Å². The summed E-state index contributed by atoms with van der Waals surface area (Å²) in [5.41, 5.74) is 11.1. The van der Waals surface area contributed by atoms with E-state index in [2.05, 4.69) is 170 Å². The Kier molecular flexibility index (Phi) is 7.83. The molecule has 0 aromatic heterocycles. The quantitative estimate of drug-likeness (QED) is 0.172. The van der Waals surface area contributed by atoms with Crippen LogP contribution in [0.3, 0.4) is 0 Å². The van der Waals surface area contributed by atoms with E-state index in [-0.39, 0.29) is 0 Å². The van der Waals surface area contributed by atoms with Crippen molar-refractivity contribution in [2.24, 2.45) is 11.8 Å². The molecule has 0 radical (unpaired) electrons. The molecule has 52 heavy (non-hydrogen) atoms. The van der Waals surface area contributed by atoms with Crippen molar-refractivity contribution in [3.63, 3.8) is 0 Å². The van der Waals surface area contributed by atoms with Crippen LogP contribution in [0, 0.1) is 11.8 Å². The molecule has 2 unspecified atom stereocenters. The molecule has 0 heteroatoms. The van der Waals surface area contributed by atoms with E-state index in [1.807, 2.05) is 0 Å². The summed E-state index contributed by atoms with van der Waals surface area (Å²) in [5, 5.41) is 11.1. The number of hydrogen-bond donors (Lipinski definition) is 0. The fourth-order valence-corrected chi connectivity index (χ4v) is 9.54. The summed E-state index contributed by atoms with van der Waals surface area (Å²) in [7, 11) is 0. The highest BCUT2D eigenvalue weighted by Gasteiger charge is 2.26. The second kappa shape index (κ2) is 13.1. The van der Waals surface area contributed by atoms with Gasteiger partial charge < -0.3 is 0 Å². The molecule has 0 aliphatic heterocycles. The van der Waals surface area contributed by atoms with Crippen LogP contribution >= 0.6 is 0 Å². The van der Waals surface area contributed by atoms with E-state index in [0.29, 0.717) is 11.8 Å². The first-order chi connectivity index (χ1) is 25.8. The van der Waals surface area contributed by atoms with Gasteiger partial charge in [-0.25, -0.2) is 0 Å². The maximum Gasteiger partial charge on any atom is -0.00297 e. The minimum atomic E-state index is 0.403. The van der Waals surface area contributed by atoms with Crippen LogP contribution in [-0.4, -0.2) is 0 Å². The van der Waals surface area contributed by atoms with E-state index in [4.69, 9.17) is 0 Å². The van der Waals surface area contributed by atoms with Gasteiger partial charge in [-0.2, -0.15) is 0 Å². The summed E-state index contributed by atoms with van der Waals surface area (Å²) < 4.78 is 0. The number of benzene rings is 6. The Labute approximate surface area is 306 Å². The molecule has 0 spiro atoms. The van der Waals surface area contributed by atoms with Crippen LogP contribution in [0.5, 0.6) is 0 Å². The Hall–Kier alpha value is -5.72. The van der Waals surface area contributed by atoms with Gasteiger partial charge in [0.2, 0.25) is 0 Å². The lowest BCUT2D eigenvalue weighted by Gasteiger charge is -2.28. The first-order valence-corrected chi connectivity index (χ1v) is 19.2. The topological polar surface area (TPSA) is 0 Å². The fourth-order valence-electron chi connectivity index (χ4n) is 9.54. The molecule has 10 rings (SSSR count). The van der Waals surface area contributed by atoms with Crippen molar-refractivity contribution in [2.45, 2.75) is 38.5 Å². The van der Waals surface area contributed by atoms with Crippen molar-refractivity contribution in [3.05, 3.63) is 178 Å². The van der Waals surface area contributed by atoms with Crippen molar-refractivity contribution in [1.82, 2.24) is 0 Å². The number of fused-ring (bicyclic) bond motifs is 4. The maximum absolute atomic E-state index is 2.68. The Morgan fingerprint density at radius 1 is 0.385 bits per heavy atom. The smallest absolute Gasteiger partial charge is 0.00297 e. The lowest BCUT2D eigenvalue weighted by atomic mass is 9.76. The molecule has 6 aromatic carbocycles. The summed E-state index contributed by atoms with van der Waals surface area (Å²) in [6, 6.07) is 40.4. The van der Waals surface area contributed by atoms with Crippen molar-refractivity contribution < 1.29 is 0 Å². The Morgan fingerprint density at radius 2 is 0.769 bits per heavy atom. The van der Waals surface area contributed by atoms with Gasteiger partial charge in [0.25, 0.3) is 0 Å². The van der Waals surface area contributed by atoms with Gasteiger partial charge >= 0.3 is 0 Å². The summed E-state index contributed by atoms with van der Waals surface area (Å²) >= 11 is 0. The predicted octanol–water partition coefficient (Wildman–Crippen LogP) is 10.7. The number of hydrogen-bond acceptors (Lipinski definition) is 0. The van der Waals surface area contributed by atoms with Crippen LogP contribution in [0.2, 0.25) is 0 Å². The zero-order valence-corrected chi connectivity index (χ0v) is 29.6. The second-order valence-corrected chi connectivity index (χ2v) is 14.8. The Morgan fingerprint density at radius 3 is 1.15 bits per heavy atom. The van der Waals surface area contributed by atoms with Crippen molar-refractivity contribution in [1.29, 1.82) is 0 Å². The third-order valence-corrected chi connectivity index (χ3v) is 11.9. The third kappa shape index (κ3) is 5.20. The Bertz CT molecular complexity index is 2580. The maximum atomic E-state index is 2.68. The number of allylic oxidation sites excluding steroid dienone is 8. The van der Waals surface area contributed by atoms with Crippen LogP contribution in [0.15, 0.2) is 146 Å². The minimum Gasteiger partial charge on any atom is -0.0842 e. The highest BCUT2D eigenvalue weighted by Crippen LogP contribution is 2.37. The van der Waals surface area contributed by atoms with Gasteiger partial charge in [-0.15, -0.1) is 0 Å². The highest BCUT2D eigenvalue weighted by atomic mass is 14.3. The molecule has 0 N–H and O–H groups in total. The molecule has 0 amide bonds. The summed E-state index contributed by atoms with van der Waals surface area (Å²) in [6.07, 6.45) is 30.9. The molecule has 0 saturated heterocycles. The normalized spacial score (nSPS) is 19.0. The average molecular weight is 667 g/mol. The van der Waals surface area contributed by atoms with Crippen molar-refractivity contribution in [3.8, 4) is 22.3 Å². The molecule has 0 fully saturated rings. The Balaban J connectivity index is 1.23. The van der Waals surface area contributed by atoms with E-state index >= 15 is 0 Å². The molecule has 0 nitrogen and oxygen atoms in total. The van der Waals surface area contributed by atoms with E-state index in [1.165, 1.54) is 86.9 Å². The SMILES string of the molecule is C1=CCCC(c2c3c(c(-c4ccccc4)c4ccccc24)=CCC(C2C=c4c(C5=CC=CCC5)c5ccccc5c(-c5ccccc5)c4=CC2)C=3)=C1. The van der Waals surface area contributed by atoms with Crippen LogP contribution in [0.1, 0.15) is 49.7 Å². The molecular weight excluding hydrogens is 625 g/mol. The molecular formula is C52H42. The zero-order chi connectivity index (χ0) is 34.4. The van der Waals surface area contributed by atoms with Crippen LogP contribution in [0.25, 0.3) is 79.2 Å². The third-order valence-electron chi connectivity index (χ3n) is 11.9. The van der Waals surface area contributed by atoms with E-state index in [1.54, 1.807) is 0 Å². The summed E-state index contributed by atoms with van der Waals surface area (Å²) in [6.45, 7) is 0. The lowest BCUT2D eigenvalue weighted by molar-refractivity contribution is 0.544. The van der Waals surface area contributed by atoms with Gasteiger partial charge in [0.15, 0.2) is 0 Å². The van der Waals surface area contributed by atoms with Gasteiger partial charge in [-0.05, 0) is 137 Å². The molecule has 0 heterocycles. The van der Waals surface area contributed by atoms with Gasteiger partial charge in [-0.3, -0.25) is 0 Å². The zero-order valence-electron chi connectivity index (χ0n) is 29.6. The first-order valence-electron chi connectivity index (χ1n) is 19.2. The van der Waals surface area contributed by atoms with E-state index in [0.717, 1.165) is 38.5 Å². The minimum absolute atomic E-state index is 0.403. The monoisotopic (exact) mass is 666 g/mol. The van der Waals surface area contributed by atoms with Crippen LogP contribution < -0.4 is 20.9 Å². The second-order valence-electron chi connectivity index (χ2n) is 14.8. The summed E-state index contributed by atoms with van der Waals surface area (Å²) in [4.78, 5) is 0.